The zero-order chi connectivity index (χ0) is 15.8. The maximum absolute atomic E-state index is 12.3. The maximum Gasteiger partial charge on any atom is 0.232 e. The van der Waals surface area contributed by atoms with Crippen LogP contribution in [0.15, 0.2) is 0 Å². The third kappa shape index (κ3) is 6.89. The maximum atomic E-state index is 12.3. The molecule has 0 aromatic carbocycles. The summed E-state index contributed by atoms with van der Waals surface area (Å²) in [5, 5.41) is 3.20. The number of thioether (sulfide) groups is 1. The summed E-state index contributed by atoms with van der Waals surface area (Å²) in [5.41, 5.74) is 0. The molecular formula is C16H30ClN3O2S. The van der Waals surface area contributed by atoms with Crippen molar-refractivity contribution in [3.63, 3.8) is 0 Å². The molecule has 2 saturated heterocycles. The molecule has 1 unspecified atom stereocenters. The lowest BCUT2D eigenvalue weighted by atomic mass is 9.98. The SMILES string of the molecule is CNCC1CCCN(C(=O)CSCC(=O)N2CCCCC2)C1.Cl. The van der Waals surface area contributed by atoms with Crippen LogP contribution >= 0.6 is 24.2 Å². The molecule has 5 nitrogen and oxygen atoms in total. The molecule has 2 amide bonds. The lowest BCUT2D eigenvalue weighted by Crippen LogP contribution is -2.43. The number of amides is 2. The quantitative estimate of drug-likeness (QED) is 0.779. The van der Waals surface area contributed by atoms with Gasteiger partial charge in [0.2, 0.25) is 11.8 Å². The smallest absolute Gasteiger partial charge is 0.232 e. The molecule has 0 aromatic heterocycles. The lowest BCUT2D eigenvalue weighted by molar-refractivity contribution is -0.130. The van der Waals surface area contributed by atoms with Gasteiger partial charge in [0.05, 0.1) is 11.5 Å². The van der Waals surface area contributed by atoms with Gasteiger partial charge in [-0.05, 0) is 51.6 Å². The third-order valence-electron chi connectivity index (χ3n) is 4.52. The molecule has 2 fully saturated rings. The second-order valence-electron chi connectivity index (χ2n) is 6.34. The van der Waals surface area contributed by atoms with Crippen molar-refractivity contribution < 1.29 is 9.59 Å². The second-order valence-corrected chi connectivity index (χ2v) is 7.33. The lowest BCUT2D eigenvalue weighted by Gasteiger charge is -2.32. The monoisotopic (exact) mass is 363 g/mol. The van der Waals surface area contributed by atoms with Crippen LogP contribution in [0.1, 0.15) is 32.1 Å². The summed E-state index contributed by atoms with van der Waals surface area (Å²) in [5.74, 6) is 1.84. The fourth-order valence-electron chi connectivity index (χ4n) is 3.30. The van der Waals surface area contributed by atoms with E-state index in [9.17, 15) is 9.59 Å². The van der Waals surface area contributed by atoms with E-state index < -0.39 is 0 Å². The van der Waals surface area contributed by atoms with E-state index in [1.807, 2.05) is 16.8 Å². The number of rotatable bonds is 6. The number of hydrogen-bond acceptors (Lipinski definition) is 4. The topological polar surface area (TPSA) is 52.7 Å². The Bertz CT molecular complexity index is 376. The van der Waals surface area contributed by atoms with Gasteiger partial charge in [-0.1, -0.05) is 0 Å². The Morgan fingerprint density at radius 2 is 1.61 bits per heavy atom. The van der Waals surface area contributed by atoms with Crippen LogP contribution in [0.3, 0.4) is 0 Å². The van der Waals surface area contributed by atoms with E-state index in [1.165, 1.54) is 24.6 Å². The van der Waals surface area contributed by atoms with Crippen molar-refractivity contribution in [1.29, 1.82) is 0 Å². The molecule has 134 valence electrons. The van der Waals surface area contributed by atoms with Gasteiger partial charge in [-0.15, -0.1) is 24.2 Å². The Hall–Kier alpha value is -0.460. The molecule has 2 aliphatic heterocycles. The van der Waals surface area contributed by atoms with E-state index >= 15 is 0 Å². The van der Waals surface area contributed by atoms with E-state index in [1.54, 1.807) is 0 Å². The molecule has 2 heterocycles. The van der Waals surface area contributed by atoms with Crippen molar-refractivity contribution in [2.45, 2.75) is 32.1 Å². The van der Waals surface area contributed by atoms with Gasteiger partial charge in [-0.3, -0.25) is 9.59 Å². The first-order valence-electron chi connectivity index (χ1n) is 8.48. The standard InChI is InChI=1S/C16H29N3O2S.ClH/c1-17-10-14-6-5-9-19(11-14)16(21)13-22-12-15(20)18-7-3-2-4-8-18;/h14,17H,2-13H2,1H3;1H. The van der Waals surface area contributed by atoms with Crippen LogP contribution in [-0.4, -0.2) is 72.9 Å². The van der Waals surface area contributed by atoms with Crippen molar-refractivity contribution >= 4 is 36.0 Å². The summed E-state index contributed by atoms with van der Waals surface area (Å²) in [6.07, 6.45) is 5.77. The van der Waals surface area contributed by atoms with Crippen LogP contribution in [0.25, 0.3) is 0 Å². The molecule has 0 spiro atoms. The number of likely N-dealkylation sites (tertiary alicyclic amines) is 2. The van der Waals surface area contributed by atoms with Crippen molar-refractivity contribution in [3.8, 4) is 0 Å². The van der Waals surface area contributed by atoms with Crippen molar-refractivity contribution in [1.82, 2.24) is 15.1 Å². The van der Waals surface area contributed by atoms with Gasteiger partial charge in [-0.25, -0.2) is 0 Å². The Morgan fingerprint density at radius 1 is 1.00 bits per heavy atom. The van der Waals surface area contributed by atoms with E-state index in [2.05, 4.69) is 5.32 Å². The second kappa shape index (κ2) is 11.2. The summed E-state index contributed by atoms with van der Waals surface area (Å²) >= 11 is 1.47. The van der Waals surface area contributed by atoms with Gasteiger partial charge in [0.25, 0.3) is 0 Å². The van der Waals surface area contributed by atoms with Crippen molar-refractivity contribution in [2.24, 2.45) is 5.92 Å². The normalized spacial score (nSPS) is 21.7. The number of piperidine rings is 2. The van der Waals surface area contributed by atoms with Crippen LogP contribution in [0.2, 0.25) is 0 Å². The minimum absolute atomic E-state index is 0. The van der Waals surface area contributed by atoms with Crippen molar-refractivity contribution in [2.75, 3.05) is 51.3 Å². The molecule has 0 radical (unpaired) electrons. The van der Waals surface area contributed by atoms with E-state index in [0.717, 1.165) is 52.0 Å². The fraction of sp³-hybridized carbons (Fsp3) is 0.875. The molecular weight excluding hydrogens is 334 g/mol. The molecule has 0 aliphatic carbocycles. The van der Waals surface area contributed by atoms with Crippen molar-refractivity contribution in [3.05, 3.63) is 0 Å². The Balaban J connectivity index is 0.00000264. The molecule has 0 aromatic rings. The van der Waals surface area contributed by atoms with Gasteiger partial charge in [0.15, 0.2) is 0 Å². The van der Waals surface area contributed by atoms with E-state index in [4.69, 9.17) is 0 Å². The van der Waals surface area contributed by atoms with E-state index in [-0.39, 0.29) is 24.2 Å². The molecule has 23 heavy (non-hydrogen) atoms. The minimum Gasteiger partial charge on any atom is -0.342 e. The zero-order valence-corrected chi connectivity index (χ0v) is 15.7. The average Bonchev–Trinajstić information content (AvgIpc) is 2.56. The average molecular weight is 364 g/mol. The summed E-state index contributed by atoms with van der Waals surface area (Å²) in [4.78, 5) is 28.3. The Morgan fingerprint density at radius 3 is 2.26 bits per heavy atom. The van der Waals surface area contributed by atoms with Crippen LogP contribution in [0.5, 0.6) is 0 Å². The predicted octanol–water partition coefficient (Wildman–Crippen LogP) is 1.61. The number of nitrogens with one attached hydrogen (secondary N) is 1. The molecule has 7 heteroatoms. The number of nitrogens with zero attached hydrogens (tertiary/aromatic N) is 2. The highest BCUT2D eigenvalue weighted by Gasteiger charge is 2.23. The van der Waals surface area contributed by atoms with Gasteiger partial charge in [0, 0.05) is 26.2 Å². The molecule has 0 bridgehead atoms. The summed E-state index contributed by atoms with van der Waals surface area (Å²) in [6.45, 7) is 4.50. The van der Waals surface area contributed by atoms with Gasteiger partial charge >= 0.3 is 0 Å². The summed E-state index contributed by atoms with van der Waals surface area (Å²) in [7, 11) is 1.96. The minimum atomic E-state index is 0. The summed E-state index contributed by atoms with van der Waals surface area (Å²) < 4.78 is 0. The first-order valence-corrected chi connectivity index (χ1v) is 9.64. The van der Waals surface area contributed by atoms with Gasteiger partial charge in [-0.2, -0.15) is 0 Å². The van der Waals surface area contributed by atoms with E-state index in [0.29, 0.717) is 17.4 Å². The first kappa shape index (κ1) is 20.6. The largest absolute Gasteiger partial charge is 0.342 e. The van der Waals surface area contributed by atoms with Gasteiger partial charge < -0.3 is 15.1 Å². The molecule has 1 atom stereocenters. The van der Waals surface area contributed by atoms with Crippen LogP contribution in [-0.2, 0) is 9.59 Å². The molecule has 0 saturated carbocycles. The number of hydrogen-bond donors (Lipinski definition) is 1. The molecule has 2 aliphatic rings. The highest BCUT2D eigenvalue weighted by molar-refractivity contribution is 8.00. The first-order chi connectivity index (χ1) is 10.7. The number of carbonyl (C=O) groups is 2. The van der Waals surface area contributed by atoms with Crippen LogP contribution in [0.4, 0.5) is 0 Å². The molecule has 1 N–H and O–H groups in total. The zero-order valence-electron chi connectivity index (χ0n) is 14.1. The Labute approximate surface area is 150 Å². The van der Waals surface area contributed by atoms with Gasteiger partial charge in [0.1, 0.15) is 0 Å². The fourth-order valence-corrected chi connectivity index (χ4v) is 4.11. The predicted molar refractivity (Wildman–Crippen MR) is 98.2 cm³/mol. The third-order valence-corrected chi connectivity index (χ3v) is 5.43. The van der Waals surface area contributed by atoms with Crippen LogP contribution < -0.4 is 5.32 Å². The number of halogens is 1. The highest BCUT2D eigenvalue weighted by atomic mass is 35.5. The molecule has 2 rings (SSSR count). The summed E-state index contributed by atoms with van der Waals surface area (Å²) in [6, 6.07) is 0. The van der Waals surface area contributed by atoms with Crippen LogP contribution in [0, 0.1) is 5.92 Å². The number of carbonyl (C=O) groups excluding carboxylic acids is 2. The highest BCUT2D eigenvalue weighted by Crippen LogP contribution is 2.17. The Kier molecular flexibility index (Phi) is 9.99.